The van der Waals surface area contributed by atoms with Gasteiger partial charge in [0.05, 0.1) is 0 Å². The molecule has 0 radical (unpaired) electrons. The molecule has 0 saturated heterocycles. The van der Waals surface area contributed by atoms with Crippen molar-refractivity contribution in [2.75, 3.05) is 6.61 Å². The minimum atomic E-state index is 0.215. The topological polar surface area (TPSA) is 25.2 Å². The molecule has 0 bridgehead atoms. The Morgan fingerprint density at radius 2 is 1.94 bits per heavy atom. The zero-order chi connectivity index (χ0) is 11.7. The summed E-state index contributed by atoms with van der Waals surface area (Å²) in [6.45, 7) is 6.75. The summed E-state index contributed by atoms with van der Waals surface area (Å²) in [4.78, 5) is 0. The monoisotopic (exact) mass is 217 g/mol. The van der Waals surface area contributed by atoms with Gasteiger partial charge in [0, 0.05) is 29.2 Å². The quantitative estimate of drug-likeness (QED) is 0.839. The van der Waals surface area contributed by atoms with Crippen LogP contribution in [0.1, 0.15) is 31.1 Å². The molecule has 86 valence electrons. The summed E-state index contributed by atoms with van der Waals surface area (Å²) < 4.78 is 2.35. The number of rotatable bonds is 3. The van der Waals surface area contributed by atoms with Gasteiger partial charge in [-0.05, 0) is 38.8 Å². The van der Waals surface area contributed by atoms with Crippen molar-refractivity contribution < 1.29 is 5.11 Å². The van der Waals surface area contributed by atoms with Gasteiger partial charge in [-0.2, -0.15) is 0 Å². The van der Waals surface area contributed by atoms with E-state index in [1.54, 1.807) is 0 Å². The summed E-state index contributed by atoms with van der Waals surface area (Å²) in [6, 6.07) is 8.89. The number of nitrogens with zero attached hydrogens (tertiary/aromatic N) is 1. The van der Waals surface area contributed by atoms with Gasteiger partial charge in [0.1, 0.15) is 0 Å². The number of hydrogen-bond acceptors (Lipinski definition) is 1. The van der Waals surface area contributed by atoms with E-state index in [0.29, 0.717) is 6.04 Å². The molecule has 0 amide bonds. The molecular formula is C14H19NO. The van der Waals surface area contributed by atoms with Crippen LogP contribution < -0.4 is 0 Å². The first-order valence-electron chi connectivity index (χ1n) is 5.86. The third-order valence-electron chi connectivity index (χ3n) is 3.16. The Bertz CT molecular complexity index is 497. The van der Waals surface area contributed by atoms with Crippen molar-refractivity contribution in [1.82, 2.24) is 4.57 Å². The highest BCUT2D eigenvalue weighted by molar-refractivity contribution is 5.85. The van der Waals surface area contributed by atoms with Crippen molar-refractivity contribution in [2.24, 2.45) is 0 Å². The lowest BCUT2D eigenvalue weighted by molar-refractivity contribution is 0.299. The predicted octanol–water partition coefficient (Wildman–Crippen LogP) is 3.07. The molecule has 0 spiro atoms. The third-order valence-corrected chi connectivity index (χ3v) is 3.16. The molecule has 2 aromatic rings. The zero-order valence-corrected chi connectivity index (χ0v) is 10.2. The lowest BCUT2D eigenvalue weighted by Crippen LogP contribution is -2.03. The second kappa shape index (κ2) is 4.30. The maximum Gasteiger partial charge on any atom is 0.0487 e. The Morgan fingerprint density at radius 1 is 1.25 bits per heavy atom. The van der Waals surface area contributed by atoms with Crippen molar-refractivity contribution in [2.45, 2.75) is 33.2 Å². The molecular weight excluding hydrogens is 198 g/mol. The molecule has 0 atom stereocenters. The molecule has 0 saturated carbocycles. The van der Waals surface area contributed by atoms with Crippen molar-refractivity contribution in [3.63, 3.8) is 0 Å². The van der Waals surface area contributed by atoms with Gasteiger partial charge >= 0.3 is 0 Å². The molecule has 0 unspecified atom stereocenters. The van der Waals surface area contributed by atoms with Crippen LogP contribution in [-0.4, -0.2) is 16.3 Å². The van der Waals surface area contributed by atoms with Crippen LogP contribution in [-0.2, 0) is 6.42 Å². The van der Waals surface area contributed by atoms with E-state index in [0.717, 1.165) is 6.42 Å². The number of para-hydroxylation sites is 1. The van der Waals surface area contributed by atoms with Crippen LogP contribution >= 0.6 is 0 Å². The number of aliphatic hydroxyl groups excluding tert-OH is 1. The first-order chi connectivity index (χ1) is 7.66. The van der Waals surface area contributed by atoms with Crippen LogP contribution in [0.3, 0.4) is 0 Å². The van der Waals surface area contributed by atoms with Crippen molar-refractivity contribution in [3.05, 3.63) is 35.5 Å². The molecule has 1 heterocycles. The first-order valence-corrected chi connectivity index (χ1v) is 5.86. The van der Waals surface area contributed by atoms with Gasteiger partial charge in [0.25, 0.3) is 0 Å². The number of aromatic nitrogens is 1. The summed E-state index contributed by atoms with van der Waals surface area (Å²) >= 11 is 0. The van der Waals surface area contributed by atoms with Gasteiger partial charge in [-0.25, -0.2) is 0 Å². The minimum absolute atomic E-state index is 0.215. The molecule has 0 fully saturated rings. The SMILES string of the molecule is Cc1c(CCO)c2ccccc2n1C(C)C. The Labute approximate surface area is 96.5 Å². The molecule has 2 nitrogen and oxygen atoms in total. The predicted molar refractivity (Wildman–Crippen MR) is 67.8 cm³/mol. The number of benzene rings is 1. The Balaban J connectivity index is 2.75. The highest BCUT2D eigenvalue weighted by Gasteiger charge is 2.14. The van der Waals surface area contributed by atoms with E-state index in [4.69, 9.17) is 5.11 Å². The second-order valence-electron chi connectivity index (χ2n) is 4.52. The highest BCUT2D eigenvalue weighted by atomic mass is 16.2. The van der Waals surface area contributed by atoms with Crippen LogP contribution in [0.15, 0.2) is 24.3 Å². The molecule has 1 aromatic heterocycles. The Hall–Kier alpha value is -1.28. The summed E-state index contributed by atoms with van der Waals surface area (Å²) in [6.07, 6.45) is 0.742. The van der Waals surface area contributed by atoms with Gasteiger partial charge in [-0.3, -0.25) is 0 Å². The van der Waals surface area contributed by atoms with Crippen LogP contribution in [0.5, 0.6) is 0 Å². The first kappa shape index (κ1) is 11.2. The van der Waals surface area contributed by atoms with Crippen LogP contribution in [0, 0.1) is 6.92 Å². The van der Waals surface area contributed by atoms with E-state index in [1.807, 2.05) is 0 Å². The summed E-state index contributed by atoms with van der Waals surface area (Å²) in [5.41, 5.74) is 3.84. The zero-order valence-electron chi connectivity index (χ0n) is 10.2. The molecule has 16 heavy (non-hydrogen) atoms. The van der Waals surface area contributed by atoms with Crippen molar-refractivity contribution in [1.29, 1.82) is 0 Å². The highest BCUT2D eigenvalue weighted by Crippen LogP contribution is 2.28. The average Bonchev–Trinajstić information content (AvgIpc) is 2.53. The summed E-state index contributed by atoms with van der Waals surface area (Å²) in [5.74, 6) is 0. The lowest BCUT2D eigenvalue weighted by Gasteiger charge is -2.12. The van der Waals surface area contributed by atoms with E-state index in [-0.39, 0.29) is 6.61 Å². The molecule has 2 rings (SSSR count). The normalized spacial score (nSPS) is 11.6. The van der Waals surface area contributed by atoms with E-state index in [2.05, 4.69) is 49.6 Å². The second-order valence-corrected chi connectivity index (χ2v) is 4.52. The van der Waals surface area contributed by atoms with Crippen molar-refractivity contribution in [3.8, 4) is 0 Å². The average molecular weight is 217 g/mol. The van der Waals surface area contributed by atoms with Gasteiger partial charge in [-0.1, -0.05) is 18.2 Å². The minimum Gasteiger partial charge on any atom is -0.396 e. The van der Waals surface area contributed by atoms with Gasteiger partial charge in [-0.15, -0.1) is 0 Å². The van der Waals surface area contributed by atoms with E-state index in [1.165, 1.54) is 22.2 Å². The Kier molecular flexibility index (Phi) is 3.01. The van der Waals surface area contributed by atoms with E-state index < -0.39 is 0 Å². The molecule has 0 aliphatic rings. The van der Waals surface area contributed by atoms with Gasteiger partial charge in [0.2, 0.25) is 0 Å². The number of hydrogen-bond donors (Lipinski definition) is 1. The number of fused-ring (bicyclic) bond motifs is 1. The fraction of sp³-hybridized carbons (Fsp3) is 0.429. The summed E-state index contributed by atoms with van der Waals surface area (Å²) in [7, 11) is 0. The van der Waals surface area contributed by atoms with Gasteiger partial charge < -0.3 is 9.67 Å². The maximum absolute atomic E-state index is 9.14. The van der Waals surface area contributed by atoms with Crippen molar-refractivity contribution >= 4 is 10.9 Å². The van der Waals surface area contributed by atoms with E-state index >= 15 is 0 Å². The van der Waals surface area contributed by atoms with E-state index in [9.17, 15) is 0 Å². The standard InChI is InChI=1S/C14H19NO/c1-10(2)15-11(3)12(8-9-16)13-6-4-5-7-14(13)15/h4-7,10,16H,8-9H2,1-3H3. The largest absolute Gasteiger partial charge is 0.396 e. The van der Waals surface area contributed by atoms with Crippen LogP contribution in [0.2, 0.25) is 0 Å². The molecule has 0 aliphatic heterocycles. The summed E-state index contributed by atoms with van der Waals surface area (Å²) in [5, 5.41) is 10.4. The lowest BCUT2D eigenvalue weighted by atomic mass is 10.1. The van der Waals surface area contributed by atoms with Crippen LogP contribution in [0.25, 0.3) is 10.9 Å². The molecule has 2 heteroatoms. The smallest absolute Gasteiger partial charge is 0.0487 e. The Morgan fingerprint density at radius 3 is 2.56 bits per heavy atom. The van der Waals surface area contributed by atoms with Gasteiger partial charge in [0.15, 0.2) is 0 Å². The molecule has 0 aliphatic carbocycles. The number of aliphatic hydroxyl groups is 1. The fourth-order valence-electron chi connectivity index (χ4n) is 2.55. The maximum atomic E-state index is 9.14. The molecule has 1 aromatic carbocycles. The molecule has 1 N–H and O–H groups in total. The fourth-order valence-corrected chi connectivity index (χ4v) is 2.55. The van der Waals surface area contributed by atoms with Crippen LogP contribution in [0.4, 0.5) is 0 Å². The third kappa shape index (κ3) is 1.63.